The van der Waals surface area contributed by atoms with E-state index in [1.807, 2.05) is 79.7 Å². The van der Waals surface area contributed by atoms with Gasteiger partial charge in [-0.05, 0) is 249 Å². The number of nitrogens with zero attached hydrogens (tertiary/aromatic N) is 4. The van der Waals surface area contributed by atoms with Crippen LogP contribution in [0.5, 0.6) is 0 Å². The quantitative estimate of drug-likeness (QED) is 0.142. The lowest BCUT2D eigenvalue weighted by molar-refractivity contribution is -0.660. The number of rotatable bonds is 8. The predicted octanol–water partition coefficient (Wildman–Crippen LogP) is 32.5. The van der Waals surface area contributed by atoms with Crippen molar-refractivity contribution in [2.45, 2.75) is 210 Å². The van der Waals surface area contributed by atoms with Gasteiger partial charge in [0.25, 0.3) is 0 Å². The molecule has 0 radical (unpaired) electrons. The van der Waals surface area contributed by atoms with Crippen molar-refractivity contribution in [1.29, 1.82) is 0 Å². The highest BCUT2D eigenvalue weighted by molar-refractivity contribution is 6.19. The molecule has 24 rings (SSSR count). The van der Waals surface area contributed by atoms with Crippen molar-refractivity contribution in [3.8, 4) is 89.5 Å². The Morgan fingerprint density at radius 3 is 1.02 bits per heavy atom. The number of furan rings is 4. The van der Waals surface area contributed by atoms with Gasteiger partial charge in [-0.1, -0.05) is 268 Å². The average molecular weight is 1840 g/mol. The van der Waals surface area contributed by atoms with E-state index in [4.69, 9.17) is 93.1 Å². The van der Waals surface area contributed by atoms with Crippen molar-refractivity contribution in [3.63, 3.8) is 0 Å². The minimum atomic E-state index is -3.47. The molecule has 8 heterocycles. The Balaban J connectivity index is 0.000000141. The third-order valence-electron chi connectivity index (χ3n) is 28.0. The van der Waals surface area contributed by atoms with Gasteiger partial charge >= 0.3 is 0 Å². The highest BCUT2D eigenvalue weighted by atomic mass is 16.3. The van der Waals surface area contributed by atoms with Gasteiger partial charge in [-0.25, -0.2) is 18.3 Å². The van der Waals surface area contributed by atoms with Gasteiger partial charge in [0.05, 0.1) is 22.3 Å². The van der Waals surface area contributed by atoms with Crippen LogP contribution in [0.3, 0.4) is 0 Å². The second kappa shape index (κ2) is 32.1. The molecule has 1 atom stereocenters. The summed E-state index contributed by atoms with van der Waals surface area (Å²) >= 11 is 0. The van der Waals surface area contributed by atoms with E-state index in [-0.39, 0.29) is 67.1 Å². The first-order valence-corrected chi connectivity index (χ1v) is 44.1. The number of pyridine rings is 4. The largest absolute Gasteiger partial charge is 0.455 e. The Hall–Kier alpha value is -13.6. The number of aromatic nitrogens is 4. The molecule has 0 amide bonds. The van der Waals surface area contributed by atoms with Crippen molar-refractivity contribution in [2.24, 2.45) is 28.2 Å². The van der Waals surface area contributed by atoms with E-state index < -0.39 is 201 Å². The van der Waals surface area contributed by atoms with Gasteiger partial charge in [-0.2, -0.15) is 0 Å². The monoisotopic (exact) mass is 1840 g/mol. The van der Waals surface area contributed by atoms with Gasteiger partial charge in [-0.3, -0.25) is 0 Å². The number of aryl methyl sites for hydroxylation is 12. The first-order chi connectivity index (χ1) is 87.0. The SMILES string of the molecule is [2H]C([2H])([2H])c1c[n+](C)c(-c2c(C)ccc3c2oc2cc4c(cc23)-c2ccccc2C4(C([2H])([2H])[2H])C([2H])([2H])[2H])cc1C([2H])(C([2H])([2H])[2H])C([2H])([2H])[2H].[2H]C([2H])([2H])c1c[n+](C)c(-c2c(C)ccc3c2oc2cc4c(cc23)C(C)(C([2H])([2H])[2H])c2ccccc2-4)cc1C([2H])(C([2H])([2H])[2H])C([2H])([2H])[2H].[2H]C([2H])([2H])c1c[n+](C)c(-c2c(C)ccc3c2oc2ccc4c(c23)-c2ccccc2C4(C([2H])([2H])[2H])C([2H])([2H])[2H])cc1C([2H])(C([2H])([2H])[2H])C([2H])([2H])[2H].[2H]C([2H])([2H])c1c[n+](C)c(-c2c(C)ccc3c2oc2ccc4c(c23)C(C)(C)c2ccccc2-4)cc1C([2H])(C([2H])([2H])[2H])C([2H])([2H])[2H]. The first-order valence-electron chi connectivity index (χ1n) is 71.6. The molecule has 4 aliphatic carbocycles. The fraction of sp³-hybridized carbons (Fsp3) is 0.281. The van der Waals surface area contributed by atoms with Crippen LogP contribution >= 0.6 is 0 Å². The molecule has 4 aliphatic rings. The van der Waals surface area contributed by atoms with Crippen molar-refractivity contribution in [2.75, 3.05) is 0 Å². The summed E-state index contributed by atoms with van der Waals surface area (Å²) in [7, 11) is 6.17. The van der Waals surface area contributed by atoms with Crippen LogP contribution < -0.4 is 18.3 Å². The third-order valence-corrected chi connectivity index (χ3v) is 28.0. The lowest BCUT2D eigenvalue weighted by atomic mass is 9.80. The molecule has 8 aromatic heterocycles. The van der Waals surface area contributed by atoms with Crippen molar-refractivity contribution >= 4 is 87.8 Å². The van der Waals surface area contributed by atoms with Crippen LogP contribution in [0, 0.1) is 55.1 Å². The zero-order chi connectivity index (χ0) is 142. The maximum Gasteiger partial charge on any atom is 0.216 e. The molecule has 20 aromatic rings. The van der Waals surface area contributed by atoms with Crippen molar-refractivity contribution < 1.29 is 111 Å². The number of hydrogen-bond acceptors (Lipinski definition) is 4. The molecule has 12 aromatic carbocycles. The van der Waals surface area contributed by atoms with E-state index in [1.54, 1.807) is 115 Å². The second-order valence-corrected chi connectivity index (χ2v) is 36.8. The maximum absolute atomic E-state index is 8.91. The molecule has 0 saturated carbocycles. The highest BCUT2D eigenvalue weighted by Crippen LogP contribution is 2.59. The molecule has 8 heteroatoms. The summed E-state index contributed by atoms with van der Waals surface area (Å²) in [4.78, 5) is 0. The van der Waals surface area contributed by atoms with E-state index in [0.717, 1.165) is 74.9 Å². The summed E-state index contributed by atoms with van der Waals surface area (Å²) in [6.07, 6.45) is 4.59. The molecule has 1 unspecified atom stereocenters. The zero-order valence-corrected chi connectivity index (χ0v) is 76.0. The lowest BCUT2D eigenvalue weighted by Gasteiger charge is -2.22. The van der Waals surface area contributed by atoms with Gasteiger partial charge in [0, 0.05) is 187 Å². The topological polar surface area (TPSA) is 68.1 Å². The molecule has 136 heavy (non-hydrogen) atoms. The van der Waals surface area contributed by atoms with Crippen LogP contribution in [0.25, 0.3) is 177 Å². The second-order valence-electron chi connectivity index (χ2n) is 36.8. The van der Waals surface area contributed by atoms with E-state index in [2.05, 4.69) is 32.0 Å². The van der Waals surface area contributed by atoms with Gasteiger partial charge in [0.1, 0.15) is 72.9 Å². The summed E-state index contributed by atoms with van der Waals surface area (Å²) in [5, 5.41) is 4.95. The normalized spacial score (nSPS) is 22.8. The standard InChI is InChI=1S/4C32H32NO/c1-18(2)23-15-28(33(7)17-20(23)4)30-19(3)12-13-22-25-14-27-24(16-29(25)34-31(22)30)21-10-8-9-11-26(21)32(27,5)6;1-18(2)23-15-28(33(7)17-20(23)4)30-19(3)12-13-22-25-14-24-21-10-8-9-11-26(21)32(5,6)27(24)16-29(25)34-31(22)30;1-18(2)24-16-26(33(7)17-20(24)4)28-19(3)12-13-23-29-27(34-31(23)28)15-14-22-21-10-8-9-11-25(21)32(5,6)30(22)29;1-18(2)23-16-26(33(7)17-20(23)4)28-19(3)12-13-22-30-27(34-31(22)28)15-14-25-29(30)21-10-8-9-11-24(21)32(25,5)6/h4*8-18H,1-7H3/q4*+1/i1D3,2D3,4D3,5D3,18D;1D3,2D3,4D3,5D3,6D3,18D;1D3,2D3,4D3,18D;1D3,2D3,4D3,5D3,6D3,18D. The van der Waals surface area contributed by atoms with E-state index in [1.165, 1.54) is 86.6 Å². The highest BCUT2D eigenvalue weighted by Gasteiger charge is 2.43. The van der Waals surface area contributed by atoms with Crippen LogP contribution in [0.15, 0.2) is 261 Å². The average Bonchev–Trinajstić information content (AvgIpc) is 1.50. The first kappa shape index (κ1) is 46.3. The zero-order valence-electron chi connectivity index (χ0n) is 131. The minimum absolute atomic E-state index is 0.0488. The Kier molecular flexibility index (Phi) is 10.9. The van der Waals surface area contributed by atoms with Crippen LogP contribution in [0.4, 0.5) is 0 Å². The number of benzene rings is 12. The van der Waals surface area contributed by atoms with E-state index in [9.17, 15) is 0 Å². The van der Waals surface area contributed by atoms with Crippen molar-refractivity contribution in [1.82, 2.24) is 0 Å². The summed E-state index contributed by atoms with van der Waals surface area (Å²) in [6, 6.07) is 61.4. The Morgan fingerprint density at radius 2 is 0.588 bits per heavy atom. The van der Waals surface area contributed by atoms with Crippen LogP contribution in [0.2, 0.25) is 0 Å². The fourth-order valence-corrected chi connectivity index (χ4v) is 21.4. The Bertz CT molecular complexity index is 10800. The van der Waals surface area contributed by atoms with E-state index >= 15 is 0 Å². The van der Waals surface area contributed by atoms with Gasteiger partial charge in [-0.15, -0.1) is 0 Å². The summed E-state index contributed by atoms with van der Waals surface area (Å²) in [5.41, 5.74) is 6.16. The lowest BCUT2D eigenvalue weighted by Crippen LogP contribution is -2.32. The maximum atomic E-state index is 8.91. The summed E-state index contributed by atoms with van der Waals surface area (Å²) < 4.78 is 487. The van der Waals surface area contributed by atoms with Crippen LogP contribution in [-0.4, -0.2) is 0 Å². The minimum Gasteiger partial charge on any atom is -0.455 e. The molecule has 8 nitrogen and oxygen atoms in total. The molecular formula is C128H128N4O4+4. The van der Waals surface area contributed by atoms with Crippen LogP contribution in [0.1, 0.15) is 320 Å². The molecule has 0 N–H and O–H groups in total. The molecular weight excluding hydrogens is 1660 g/mol. The van der Waals surface area contributed by atoms with E-state index in [0.29, 0.717) is 133 Å². The van der Waals surface area contributed by atoms with Gasteiger partial charge in [0.2, 0.25) is 22.8 Å². The molecule has 0 bridgehead atoms. The van der Waals surface area contributed by atoms with Gasteiger partial charge in [0.15, 0.2) is 24.8 Å². The summed E-state index contributed by atoms with van der Waals surface area (Å²) in [5.74, 6) is -13.1. The van der Waals surface area contributed by atoms with Crippen molar-refractivity contribution in [3.05, 3.63) is 354 Å². The number of fused-ring (bicyclic) bond motifs is 26. The molecule has 0 spiro atoms. The molecule has 0 fully saturated rings. The van der Waals surface area contributed by atoms with Crippen LogP contribution in [-0.2, 0) is 49.9 Å². The predicted molar refractivity (Wildman–Crippen MR) is 566 cm³/mol. The molecule has 0 saturated heterocycles. The third kappa shape index (κ3) is 13.5. The molecule has 0 aliphatic heterocycles. The fourth-order valence-electron chi connectivity index (χ4n) is 21.4. The Morgan fingerprint density at radius 1 is 0.257 bits per heavy atom. The Labute approximate surface area is 879 Å². The number of hydrogen-bond donors (Lipinski definition) is 0. The smallest absolute Gasteiger partial charge is 0.216 e. The summed E-state index contributed by atoms with van der Waals surface area (Å²) in [6.45, 7) is -40.4. The van der Waals surface area contributed by atoms with Gasteiger partial charge < -0.3 is 17.7 Å². The molecule has 680 valence electrons.